The number of hydrogen-bond donors (Lipinski definition) is 3. The molecule has 0 radical (unpaired) electrons. The minimum atomic E-state index is -0.871. The summed E-state index contributed by atoms with van der Waals surface area (Å²) in [6, 6.07) is 0. The number of carbonyl (C=O) groups is 2. The molecular formula is C10H20N2O3. The van der Waals surface area contributed by atoms with Crippen LogP contribution >= 0.6 is 0 Å². The topological polar surface area (TPSA) is 78.4 Å². The summed E-state index contributed by atoms with van der Waals surface area (Å²) in [7, 11) is 0. The van der Waals surface area contributed by atoms with Crippen molar-refractivity contribution in [3.63, 3.8) is 0 Å². The Balaban J connectivity index is 3.70. The zero-order chi connectivity index (χ0) is 11.9. The lowest BCUT2D eigenvalue weighted by Gasteiger charge is -2.19. The highest BCUT2D eigenvalue weighted by Gasteiger charge is 2.26. The highest BCUT2D eigenvalue weighted by molar-refractivity contribution is 5.78. The Bertz CT molecular complexity index is 227. The van der Waals surface area contributed by atoms with Crippen molar-refractivity contribution in [1.82, 2.24) is 10.6 Å². The van der Waals surface area contributed by atoms with Crippen LogP contribution in [0.5, 0.6) is 0 Å². The molecule has 3 N–H and O–H groups in total. The van der Waals surface area contributed by atoms with Gasteiger partial charge in [-0.2, -0.15) is 0 Å². The van der Waals surface area contributed by atoms with E-state index in [9.17, 15) is 9.59 Å². The average Bonchev–Trinajstić information content (AvgIpc) is 2.14. The molecule has 0 heterocycles. The summed E-state index contributed by atoms with van der Waals surface area (Å²) < 4.78 is 0. The van der Waals surface area contributed by atoms with Crippen LogP contribution in [0.25, 0.3) is 0 Å². The molecule has 0 spiro atoms. The molecule has 0 fully saturated rings. The van der Waals surface area contributed by atoms with Crippen molar-refractivity contribution in [1.29, 1.82) is 0 Å². The Labute approximate surface area is 90.2 Å². The van der Waals surface area contributed by atoms with Gasteiger partial charge in [0.05, 0.1) is 12.0 Å². The second-order valence-corrected chi connectivity index (χ2v) is 4.14. The molecule has 0 saturated carbocycles. The monoisotopic (exact) mass is 216 g/mol. The fourth-order valence-electron chi connectivity index (χ4n) is 0.891. The lowest BCUT2D eigenvalue weighted by Crippen LogP contribution is -2.41. The number of carboxylic acids is 1. The van der Waals surface area contributed by atoms with E-state index in [4.69, 9.17) is 5.11 Å². The molecule has 5 nitrogen and oxygen atoms in total. The lowest BCUT2D eigenvalue weighted by molar-refractivity contribution is -0.146. The summed E-state index contributed by atoms with van der Waals surface area (Å²) in [4.78, 5) is 21.9. The molecular weight excluding hydrogens is 196 g/mol. The molecule has 5 heteroatoms. The SMILES string of the molecule is CCCNC(=O)CNCC(C)(C)C(=O)O. The van der Waals surface area contributed by atoms with E-state index in [1.165, 1.54) is 0 Å². The highest BCUT2D eigenvalue weighted by Crippen LogP contribution is 2.12. The third-order valence-electron chi connectivity index (χ3n) is 2.00. The maximum atomic E-state index is 11.1. The van der Waals surface area contributed by atoms with Crippen molar-refractivity contribution in [2.24, 2.45) is 5.41 Å². The number of hydrogen-bond acceptors (Lipinski definition) is 3. The van der Waals surface area contributed by atoms with Crippen molar-refractivity contribution in [2.75, 3.05) is 19.6 Å². The molecule has 0 aliphatic rings. The molecule has 15 heavy (non-hydrogen) atoms. The third-order valence-corrected chi connectivity index (χ3v) is 2.00. The Hall–Kier alpha value is -1.10. The quantitative estimate of drug-likeness (QED) is 0.568. The van der Waals surface area contributed by atoms with Crippen molar-refractivity contribution in [3.05, 3.63) is 0 Å². The van der Waals surface area contributed by atoms with E-state index < -0.39 is 11.4 Å². The van der Waals surface area contributed by atoms with E-state index in [-0.39, 0.29) is 19.0 Å². The van der Waals surface area contributed by atoms with Crippen molar-refractivity contribution < 1.29 is 14.7 Å². The minimum Gasteiger partial charge on any atom is -0.481 e. The zero-order valence-corrected chi connectivity index (χ0v) is 9.59. The predicted molar refractivity (Wildman–Crippen MR) is 57.6 cm³/mol. The number of carbonyl (C=O) groups excluding carboxylic acids is 1. The van der Waals surface area contributed by atoms with Gasteiger partial charge in [-0.1, -0.05) is 6.92 Å². The first-order valence-corrected chi connectivity index (χ1v) is 5.11. The molecule has 0 aromatic heterocycles. The van der Waals surface area contributed by atoms with Crippen LogP contribution in [0.3, 0.4) is 0 Å². The number of rotatable bonds is 7. The smallest absolute Gasteiger partial charge is 0.310 e. The fourth-order valence-corrected chi connectivity index (χ4v) is 0.891. The molecule has 0 aromatic rings. The normalized spacial score (nSPS) is 11.1. The van der Waals surface area contributed by atoms with Gasteiger partial charge >= 0.3 is 5.97 Å². The summed E-state index contributed by atoms with van der Waals surface area (Å²) in [5.74, 6) is -0.970. The largest absolute Gasteiger partial charge is 0.481 e. The molecule has 0 saturated heterocycles. The highest BCUT2D eigenvalue weighted by atomic mass is 16.4. The molecule has 0 unspecified atom stereocenters. The molecule has 0 aromatic carbocycles. The summed E-state index contributed by atoms with van der Waals surface area (Å²) in [6.45, 7) is 6.31. The van der Waals surface area contributed by atoms with E-state index in [0.717, 1.165) is 6.42 Å². The van der Waals surface area contributed by atoms with Gasteiger partial charge in [0.15, 0.2) is 0 Å². The van der Waals surface area contributed by atoms with Crippen LogP contribution in [0.4, 0.5) is 0 Å². The van der Waals surface area contributed by atoms with E-state index in [0.29, 0.717) is 6.54 Å². The average molecular weight is 216 g/mol. The number of carboxylic acid groups (broad SMARTS) is 1. The third kappa shape index (κ3) is 6.06. The second-order valence-electron chi connectivity index (χ2n) is 4.14. The van der Waals surface area contributed by atoms with Crippen LogP contribution in [0.1, 0.15) is 27.2 Å². The Morgan fingerprint density at radius 2 is 1.93 bits per heavy atom. The van der Waals surface area contributed by atoms with Crippen LogP contribution in [0.15, 0.2) is 0 Å². The Morgan fingerprint density at radius 3 is 2.40 bits per heavy atom. The molecule has 0 bridgehead atoms. The van der Waals surface area contributed by atoms with Crippen LogP contribution in [0, 0.1) is 5.41 Å². The van der Waals surface area contributed by atoms with Gasteiger partial charge in [-0.25, -0.2) is 0 Å². The summed E-state index contributed by atoms with van der Waals surface area (Å²) in [5, 5.41) is 14.3. The Morgan fingerprint density at radius 1 is 1.33 bits per heavy atom. The van der Waals surface area contributed by atoms with Gasteiger partial charge in [-0.3, -0.25) is 9.59 Å². The first-order chi connectivity index (χ1) is 6.90. The van der Waals surface area contributed by atoms with Crippen molar-refractivity contribution >= 4 is 11.9 Å². The van der Waals surface area contributed by atoms with Crippen LogP contribution in [-0.4, -0.2) is 36.6 Å². The Kier molecular flexibility index (Phi) is 5.93. The van der Waals surface area contributed by atoms with Crippen LogP contribution < -0.4 is 10.6 Å². The van der Waals surface area contributed by atoms with Crippen LogP contribution in [0.2, 0.25) is 0 Å². The fraction of sp³-hybridized carbons (Fsp3) is 0.800. The van der Waals surface area contributed by atoms with Gasteiger partial charge in [-0.05, 0) is 20.3 Å². The van der Waals surface area contributed by atoms with Crippen molar-refractivity contribution in [3.8, 4) is 0 Å². The molecule has 0 atom stereocenters. The van der Waals surface area contributed by atoms with Crippen LogP contribution in [-0.2, 0) is 9.59 Å². The van der Waals surface area contributed by atoms with Gasteiger partial charge in [-0.15, -0.1) is 0 Å². The molecule has 1 amide bonds. The van der Waals surface area contributed by atoms with E-state index in [1.54, 1.807) is 13.8 Å². The van der Waals surface area contributed by atoms with E-state index >= 15 is 0 Å². The van der Waals surface area contributed by atoms with Gasteiger partial charge in [0, 0.05) is 13.1 Å². The van der Waals surface area contributed by atoms with Crippen molar-refractivity contribution in [2.45, 2.75) is 27.2 Å². The molecule has 0 aliphatic heterocycles. The summed E-state index contributed by atoms with van der Waals surface area (Å²) >= 11 is 0. The minimum absolute atomic E-state index is 0.0990. The number of amides is 1. The number of aliphatic carboxylic acids is 1. The van der Waals surface area contributed by atoms with Gasteiger partial charge < -0.3 is 15.7 Å². The summed E-state index contributed by atoms with van der Waals surface area (Å²) in [5.41, 5.74) is -0.842. The maximum Gasteiger partial charge on any atom is 0.310 e. The molecule has 0 rings (SSSR count). The molecule has 88 valence electrons. The van der Waals surface area contributed by atoms with E-state index in [1.807, 2.05) is 6.92 Å². The molecule has 0 aliphatic carbocycles. The summed E-state index contributed by atoms with van der Waals surface area (Å²) in [6.07, 6.45) is 0.895. The van der Waals surface area contributed by atoms with Gasteiger partial charge in [0.25, 0.3) is 0 Å². The van der Waals surface area contributed by atoms with E-state index in [2.05, 4.69) is 10.6 Å². The maximum absolute atomic E-state index is 11.1. The lowest BCUT2D eigenvalue weighted by atomic mass is 9.94. The standard InChI is InChI=1S/C10H20N2O3/c1-4-5-12-8(13)6-11-7-10(2,3)9(14)15/h11H,4-7H2,1-3H3,(H,12,13)(H,14,15). The number of nitrogens with one attached hydrogen (secondary N) is 2. The first kappa shape index (κ1) is 13.9. The zero-order valence-electron chi connectivity index (χ0n) is 9.59. The first-order valence-electron chi connectivity index (χ1n) is 5.11. The predicted octanol–water partition coefficient (Wildman–Crippen LogP) is 0.213. The van der Waals surface area contributed by atoms with Gasteiger partial charge in [0.1, 0.15) is 0 Å². The van der Waals surface area contributed by atoms with Gasteiger partial charge in [0.2, 0.25) is 5.91 Å². The second kappa shape index (κ2) is 6.40.